The van der Waals surface area contributed by atoms with Gasteiger partial charge < -0.3 is 5.73 Å². The van der Waals surface area contributed by atoms with Crippen LogP contribution in [-0.4, -0.2) is 22.5 Å². The molecular formula is C14H23N3. The van der Waals surface area contributed by atoms with Crippen molar-refractivity contribution in [3.05, 3.63) is 29.6 Å². The Morgan fingerprint density at radius 3 is 2.82 bits per heavy atom. The molecule has 1 aromatic heterocycles. The van der Waals surface area contributed by atoms with Gasteiger partial charge in [-0.25, -0.2) is 0 Å². The molecule has 1 aliphatic rings. The van der Waals surface area contributed by atoms with Gasteiger partial charge in [0.2, 0.25) is 0 Å². The zero-order valence-electron chi connectivity index (χ0n) is 10.9. The van der Waals surface area contributed by atoms with Crippen molar-refractivity contribution >= 4 is 0 Å². The topological polar surface area (TPSA) is 42.2 Å². The normalized spacial score (nSPS) is 15.8. The fraction of sp³-hybridized carbons (Fsp3) is 0.643. The minimum absolute atomic E-state index is 0.533. The Kier molecular flexibility index (Phi) is 4.13. The van der Waals surface area contributed by atoms with E-state index in [0.29, 0.717) is 12.6 Å². The Hall–Kier alpha value is -0.930. The van der Waals surface area contributed by atoms with Crippen LogP contribution in [0.2, 0.25) is 0 Å². The first-order valence-electron chi connectivity index (χ1n) is 6.57. The molecular weight excluding hydrogens is 210 g/mol. The average Bonchev–Trinajstić information content (AvgIpc) is 3.12. The second kappa shape index (κ2) is 5.61. The van der Waals surface area contributed by atoms with E-state index in [1.165, 1.54) is 24.9 Å². The summed E-state index contributed by atoms with van der Waals surface area (Å²) in [5.41, 5.74) is 8.05. The van der Waals surface area contributed by atoms with E-state index in [-0.39, 0.29) is 0 Å². The molecule has 3 heteroatoms. The highest BCUT2D eigenvalue weighted by molar-refractivity contribution is 5.19. The molecule has 94 valence electrons. The van der Waals surface area contributed by atoms with Gasteiger partial charge in [-0.3, -0.25) is 9.88 Å². The van der Waals surface area contributed by atoms with Crippen molar-refractivity contribution in [1.82, 2.24) is 9.88 Å². The summed E-state index contributed by atoms with van der Waals surface area (Å²) < 4.78 is 0. The molecule has 1 heterocycles. The van der Waals surface area contributed by atoms with Crippen LogP contribution in [0.3, 0.4) is 0 Å². The predicted octanol–water partition coefficient (Wildman–Crippen LogP) is 2.16. The van der Waals surface area contributed by atoms with Crippen LogP contribution in [0, 0.1) is 5.92 Å². The molecule has 1 fully saturated rings. The second-order valence-electron chi connectivity index (χ2n) is 5.28. The SMILES string of the molecule is CC(C)N(Cc1cccnc1CN)CC1CC1. The highest BCUT2D eigenvalue weighted by atomic mass is 15.1. The van der Waals surface area contributed by atoms with Crippen LogP contribution in [0.4, 0.5) is 0 Å². The van der Waals surface area contributed by atoms with Crippen molar-refractivity contribution in [2.45, 2.75) is 45.8 Å². The monoisotopic (exact) mass is 233 g/mol. The quantitative estimate of drug-likeness (QED) is 0.818. The number of rotatable bonds is 6. The smallest absolute Gasteiger partial charge is 0.0584 e. The minimum atomic E-state index is 0.533. The molecule has 0 unspecified atom stereocenters. The second-order valence-corrected chi connectivity index (χ2v) is 5.28. The van der Waals surface area contributed by atoms with Crippen molar-refractivity contribution in [2.75, 3.05) is 6.54 Å². The third-order valence-electron chi connectivity index (χ3n) is 3.47. The molecule has 3 nitrogen and oxygen atoms in total. The van der Waals surface area contributed by atoms with Crippen LogP contribution in [-0.2, 0) is 13.1 Å². The maximum atomic E-state index is 5.74. The van der Waals surface area contributed by atoms with Crippen LogP contribution in [0.25, 0.3) is 0 Å². The zero-order chi connectivity index (χ0) is 12.3. The lowest BCUT2D eigenvalue weighted by molar-refractivity contribution is 0.203. The van der Waals surface area contributed by atoms with Crippen molar-refractivity contribution in [3.63, 3.8) is 0 Å². The van der Waals surface area contributed by atoms with Gasteiger partial charge in [0, 0.05) is 31.9 Å². The van der Waals surface area contributed by atoms with Gasteiger partial charge in [-0.15, -0.1) is 0 Å². The van der Waals surface area contributed by atoms with Crippen molar-refractivity contribution in [1.29, 1.82) is 0 Å². The van der Waals surface area contributed by atoms with E-state index in [1.807, 2.05) is 12.3 Å². The standard InChI is InChI=1S/C14H23N3/c1-11(2)17(9-12-5-6-12)10-13-4-3-7-16-14(13)8-15/h3-4,7,11-12H,5-6,8-10,15H2,1-2H3. The fourth-order valence-corrected chi connectivity index (χ4v) is 2.11. The highest BCUT2D eigenvalue weighted by Gasteiger charge is 2.25. The number of hydrogen-bond donors (Lipinski definition) is 1. The van der Waals surface area contributed by atoms with Gasteiger partial charge in [0.25, 0.3) is 0 Å². The third kappa shape index (κ3) is 3.51. The van der Waals surface area contributed by atoms with Crippen molar-refractivity contribution < 1.29 is 0 Å². The van der Waals surface area contributed by atoms with Crippen molar-refractivity contribution in [3.8, 4) is 0 Å². The summed E-state index contributed by atoms with van der Waals surface area (Å²) in [6.07, 6.45) is 4.63. The van der Waals surface area contributed by atoms with Crippen LogP contribution in [0.5, 0.6) is 0 Å². The summed E-state index contributed by atoms with van der Waals surface area (Å²) >= 11 is 0. The Balaban J connectivity index is 2.04. The highest BCUT2D eigenvalue weighted by Crippen LogP contribution is 2.30. The summed E-state index contributed by atoms with van der Waals surface area (Å²) in [5, 5.41) is 0. The summed E-state index contributed by atoms with van der Waals surface area (Å²) in [6, 6.07) is 4.74. The molecule has 1 saturated carbocycles. The van der Waals surface area contributed by atoms with Crippen LogP contribution >= 0.6 is 0 Å². The number of nitrogens with zero attached hydrogens (tertiary/aromatic N) is 2. The summed E-state index contributed by atoms with van der Waals surface area (Å²) in [7, 11) is 0. The first-order valence-corrected chi connectivity index (χ1v) is 6.57. The summed E-state index contributed by atoms with van der Waals surface area (Å²) in [5.74, 6) is 0.926. The molecule has 0 aliphatic heterocycles. The lowest BCUT2D eigenvalue weighted by atomic mass is 10.1. The first kappa shape index (κ1) is 12.5. The van der Waals surface area contributed by atoms with E-state index < -0.39 is 0 Å². The van der Waals surface area contributed by atoms with Gasteiger partial charge in [0.05, 0.1) is 5.69 Å². The van der Waals surface area contributed by atoms with Crippen LogP contribution in [0.1, 0.15) is 37.9 Å². The maximum absolute atomic E-state index is 5.74. The lowest BCUT2D eigenvalue weighted by Gasteiger charge is -2.27. The summed E-state index contributed by atoms with van der Waals surface area (Å²) in [6.45, 7) is 7.26. The molecule has 0 aromatic carbocycles. The van der Waals surface area contributed by atoms with Gasteiger partial charge >= 0.3 is 0 Å². The number of hydrogen-bond acceptors (Lipinski definition) is 3. The van der Waals surface area contributed by atoms with Gasteiger partial charge in [-0.1, -0.05) is 6.07 Å². The van der Waals surface area contributed by atoms with E-state index in [0.717, 1.165) is 18.2 Å². The molecule has 2 rings (SSSR count). The van der Waals surface area contributed by atoms with E-state index in [9.17, 15) is 0 Å². The molecule has 0 saturated heterocycles. The summed E-state index contributed by atoms with van der Waals surface area (Å²) in [4.78, 5) is 6.89. The molecule has 1 aliphatic carbocycles. The minimum Gasteiger partial charge on any atom is -0.325 e. The molecule has 0 bridgehead atoms. The zero-order valence-corrected chi connectivity index (χ0v) is 10.9. The number of pyridine rings is 1. The molecule has 1 aromatic rings. The molecule has 2 N–H and O–H groups in total. The molecule has 0 amide bonds. The predicted molar refractivity (Wildman–Crippen MR) is 70.4 cm³/mol. The lowest BCUT2D eigenvalue weighted by Crippen LogP contribution is -2.32. The van der Waals surface area contributed by atoms with Gasteiger partial charge in [-0.05, 0) is 44.2 Å². The van der Waals surface area contributed by atoms with E-state index in [1.54, 1.807) is 0 Å². The Morgan fingerprint density at radius 1 is 1.47 bits per heavy atom. The van der Waals surface area contributed by atoms with Gasteiger partial charge in [-0.2, -0.15) is 0 Å². The Bertz CT molecular complexity index is 358. The van der Waals surface area contributed by atoms with E-state index >= 15 is 0 Å². The van der Waals surface area contributed by atoms with Crippen molar-refractivity contribution in [2.24, 2.45) is 11.7 Å². The van der Waals surface area contributed by atoms with Gasteiger partial charge in [0.1, 0.15) is 0 Å². The van der Waals surface area contributed by atoms with E-state index in [2.05, 4.69) is 29.8 Å². The van der Waals surface area contributed by atoms with Crippen LogP contribution in [0.15, 0.2) is 18.3 Å². The Labute approximate surface area is 104 Å². The third-order valence-corrected chi connectivity index (χ3v) is 3.47. The number of nitrogens with two attached hydrogens (primary N) is 1. The van der Waals surface area contributed by atoms with Crippen LogP contribution < -0.4 is 5.73 Å². The first-order chi connectivity index (χ1) is 8.20. The molecule has 0 atom stereocenters. The molecule has 17 heavy (non-hydrogen) atoms. The Morgan fingerprint density at radius 2 is 2.24 bits per heavy atom. The molecule has 0 radical (unpaired) electrons. The largest absolute Gasteiger partial charge is 0.325 e. The fourth-order valence-electron chi connectivity index (χ4n) is 2.11. The van der Waals surface area contributed by atoms with Gasteiger partial charge in [0.15, 0.2) is 0 Å². The molecule has 0 spiro atoms. The number of aromatic nitrogens is 1. The maximum Gasteiger partial charge on any atom is 0.0584 e. The van der Waals surface area contributed by atoms with E-state index in [4.69, 9.17) is 5.73 Å². The average molecular weight is 233 g/mol.